The van der Waals surface area contributed by atoms with Gasteiger partial charge in [0.1, 0.15) is 0 Å². The number of aromatic amines is 2. The number of anilines is 1. The number of carbonyl (C=O) groups excluding carboxylic acids is 1. The van der Waals surface area contributed by atoms with Crippen molar-refractivity contribution in [2.45, 2.75) is 25.6 Å². The average Bonchev–Trinajstić information content (AvgIpc) is 2.83. The molecule has 0 aromatic carbocycles. The molecule has 0 aliphatic carbocycles. The van der Waals surface area contributed by atoms with Crippen molar-refractivity contribution >= 4 is 31.9 Å². The van der Waals surface area contributed by atoms with E-state index in [9.17, 15) is 9.59 Å². The number of aromatic nitrogens is 4. The third-order valence-electron chi connectivity index (χ3n) is 2.77. The van der Waals surface area contributed by atoms with Crippen LogP contribution in [0, 0.1) is 0 Å². The summed E-state index contributed by atoms with van der Waals surface area (Å²) in [6, 6.07) is 0.808. The van der Waals surface area contributed by atoms with Crippen molar-refractivity contribution in [1.82, 2.24) is 25.3 Å². The Morgan fingerprint density at radius 3 is 3.00 bits per heavy atom. The van der Waals surface area contributed by atoms with Crippen molar-refractivity contribution < 1.29 is 4.79 Å². The van der Waals surface area contributed by atoms with E-state index in [2.05, 4.69) is 43.7 Å². The molecule has 0 saturated carbocycles. The fourth-order valence-electron chi connectivity index (χ4n) is 1.77. The maximum absolute atomic E-state index is 11.6. The van der Waals surface area contributed by atoms with Gasteiger partial charge in [0.2, 0.25) is 5.95 Å². The number of imidazole rings is 1. The molecule has 2 aromatic heterocycles. The second kappa shape index (κ2) is 6.33. The van der Waals surface area contributed by atoms with Crippen molar-refractivity contribution in [3.8, 4) is 0 Å². The van der Waals surface area contributed by atoms with E-state index in [4.69, 9.17) is 0 Å². The number of carbonyl (C=O) groups is 1. The summed E-state index contributed by atoms with van der Waals surface area (Å²) in [5.41, 5.74) is 0.196. The summed E-state index contributed by atoms with van der Waals surface area (Å²) in [6.45, 7) is 5.16. The lowest BCUT2D eigenvalue weighted by atomic mass is 10.5. The molecule has 0 aliphatic heterocycles. The van der Waals surface area contributed by atoms with Crippen LogP contribution in [-0.2, 0) is 0 Å². The van der Waals surface area contributed by atoms with Crippen LogP contribution >= 0.6 is 0 Å². The standard InChI is InChI=1S/C11H18N6O2Si/c1-20(2)5-3-4-12-11(19)17-10-15-8-7(9(18)16-10)13-6-14-8/h6,20H,3-5H2,1-2H3,(H4,12,13,14,15,16,17,18,19). The van der Waals surface area contributed by atoms with Crippen molar-refractivity contribution in [1.29, 1.82) is 0 Å². The quantitative estimate of drug-likeness (QED) is 0.478. The van der Waals surface area contributed by atoms with Gasteiger partial charge in [0.25, 0.3) is 5.56 Å². The van der Waals surface area contributed by atoms with Gasteiger partial charge in [-0.3, -0.25) is 15.1 Å². The maximum Gasteiger partial charge on any atom is 0.321 e. The molecule has 20 heavy (non-hydrogen) atoms. The molecule has 9 heteroatoms. The highest BCUT2D eigenvalue weighted by Crippen LogP contribution is 2.02. The van der Waals surface area contributed by atoms with Crippen molar-refractivity contribution in [3.63, 3.8) is 0 Å². The van der Waals surface area contributed by atoms with E-state index in [0.717, 1.165) is 6.42 Å². The smallest absolute Gasteiger partial charge is 0.321 e. The number of hydrogen-bond acceptors (Lipinski definition) is 4. The van der Waals surface area contributed by atoms with E-state index in [1.807, 2.05) is 0 Å². The Labute approximate surface area is 117 Å². The lowest BCUT2D eigenvalue weighted by Crippen LogP contribution is -2.31. The molecular weight excluding hydrogens is 276 g/mol. The molecule has 0 unspecified atom stereocenters. The molecule has 4 N–H and O–H groups in total. The molecule has 0 saturated heterocycles. The highest BCUT2D eigenvalue weighted by atomic mass is 28.3. The molecule has 108 valence electrons. The second-order valence-corrected chi connectivity index (χ2v) is 8.30. The Bertz CT molecular complexity index is 650. The summed E-state index contributed by atoms with van der Waals surface area (Å²) in [5.74, 6) is 0.0883. The fraction of sp³-hybridized carbons (Fsp3) is 0.455. The van der Waals surface area contributed by atoms with Gasteiger partial charge in [-0.1, -0.05) is 19.1 Å². The van der Waals surface area contributed by atoms with Crippen molar-refractivity contribution in [2.24, 2.45) is 0 Å². The minimum Gasteiger partial charge on any atom is -0.339 e. The summed E-state index contributed by atoms with van der Waals surface area (Å²) in [6.07, 6.45) is 2.35. The van der Waals surface area contributed by atoms with E-state index in [1.165, 1.54) is 12.4 Å². The molecule has 0 radical (unpaired) electrons. The van der Waals surface area contributed by atoms with Gasteiger partial charge in [-0.25, -0.2) is 9.78 Å². The summed E-state index contributed by atoms with van der Waals surface area (Å²) < 4.78 is 0. The third-order valence-corrected chi connectivity index (χ3v) is 4.33. The lowest BCUT2D eigenvalue weighted by Gasteiger charge is -2.07. The van der Waals surface area contributed by atoms with Gasteiger partial charge >= 0.3 is 6.03 Å². The van der Waals surface area contributed by atoms with Gasteiger partial charge in [-0.05, 0) is 6.42 Å². The Kier molecular flexibility index (Phi) is 4.51. The number of rotatable bonds is 5. The number of hydrogen-bond donors (Lipinski definition) is 4. The second-order valence-electron chi connectivity index (χ2n) is 4.93. The topological polar surface area (TPSA) is 116 Å². The van der Waals surface area contributed by atoms with Gasteiger partial charge < -0.3 is 10.3 Å². The fourth-order valence-corrected chi connectivity index (χ4v) is 2.79. The molecule has 2 rings (SSSR count). The Balaban J connectivity index is 1.91. The van der Waals surface area contributed by atoms with Gasteiger partial charge in [-0.15, -0.1) is 0 Å². The van der Waals surface area contributed by atoms with Crippen LogP contribution in [0.15, 0.2) is 11.1 Å². The predicted molar refractivity (Wildman–Crippen MR) is 79.8 cm³/mol. The van der Waals surface area contributed by atoms with Gasteiger partial charge in [-0.2, -0.15) is 4.98 Å². The molecule has 2 aromatic rings. The van der Waals surface area contributed by atoms with Crippen LogP contribution in [0.4, 0.5) is 10.7 Å². The zero-order valence-corrected chi connectivity index (χ0v) is 12.6. The number of urea groups is 1. The first kappa shape index (κ1) is 14.3. The minimum absolute atomic E-state index is 0.0883. The monoisotopic (exact) mass is 294 g/mol. The SMILES string of the molecule is C[SiH](C)CCCNC(=O)Nc1nc2nc[nH]c2c(=O)[nH]1. The van der Waals surface area contributed by atoms with Gasteiger partial charge in [0.05, 0.1) is 6.33 Å². The maximum atomic E-state index is 11.6. The zero-order valence-electron chi connectivity index (χ0n) is 11.5. The van der Waals surface area contributed by atoms with Crippen LogP contribution < -0.4 is 16.2 Å². The molecule has 0 atom stereocenters. The van der Waals surface area contributed by atoms with Crippen molar-refractivity contribution in [3.05, 3.63) is 16.7 Å². The van der Waals surface area contributed by atoms with E-state index in [0.29, 0.717) is 6.54 Å². The minimum atomic E-state index is -0.573. The number of H-pyrrole nitrogens is 2. The number of fused-ring (bicyclic) bond motifs is 1. The third kappa shape index (κ3) is 3.67. The first-order chi connectivity index (χ1) is 9.56. The van der Waals surface area contributed by atoms with E-state index >= 15 is 0 Å². The molecular formula is C11H18N6O2Si. The van der Waals surface area contributed by atoms with E-state index < -0.39 is 8.80 Å². The first-order valence-corrected chi connectivity index (χ1v) is 9.67. The molecule has 0 fully saturated rings. The van der Waals surface area contributed by atoms with Crippen LogP contribution in [0.2, 0.25) is 19.1 Å². The van der Waals surface area contributed by atoms with Crippen LogP contribution in [-0.4, -0.2) is 41.3 Å². The summed E-state index contributed by atoms with van der Waals surface area (Å²) in [5, 5.41) is 5.22. The van der Waals surface area contributed by atoms with Gasteiger partial charge in [0.15, 0.2) is 11.2 Å². The van der Waals surface area contributed by atoms with Crippen molar-refractivity contribution in [2.75, 3.05) is 11.9 Å². The zero-order chi connectivity index (χ0) is 14.5. The average molecular weight is 294 g/mol. The van der Waals surface area contributed by atoms with Crippen LogP contribution in [0.3, 0.4) is 0 Å². The molecule has 2 heterocycles. The molecule has 0 spiro atoms. The normalized spacial score (nSPS) is 10.9. The molecule has 8 nitrogen and oxygen atoms in total. The Hall–Kier alpha value is -2.16. The first-order valence-electron chi connectivity index (χ1n) is 6.54. The molecule has 0 aliphatic rings. The van der Waals surface area contributed by atoms with Crippen LogP contribution in [0.5, 0.6) is 0 Å². The highest BCUT2D eigenvalue weighted by Gasteiger charge is 2.08. The van der Waals surface area contributed by atoms with Crippen LogP contribution in [0.25, 0.3) is 11.2 Å². The van der Waals surface area contributed by atoms with E-state index in [-0.39, 0.29) is 28.7 Å². The largest absolute Gasteiger partial charge is 0.339 e. The lowest BCUT2D eigenvalue weighted by molar-refractivity contribution is 0.252. The number of amides is 2. The Morgan fingerprint density at radius 1 is 1.45 bits per heavy atom. The highest BCUT2D eigenvalue weighted by molar-refractivity contribution is 6.55. The molecule has 0 bridgehead atoms. The molecule has 2 amide bonds. The van der Waals surface area contributed by atoms with E-state index in [1.54, 1.807) is 0 Å². The number of nitrogens with zero attached hydrogens (tertiary/aromatic N) is 2. The summed E-state index contributed by atoms with van der Waals surface area (Å²) in [4.78, 5) is 36.4. The predicted octanol–water partition coefficient (Wildman–Crippen LogP) is 0.644. The van der Waals surface area contributed by atoms with Gasteiger partial charge in [0, 0.05) is 15.3 Å². The number of nitrogens with one attached hydrogen (secondary N) is 4. The van der Waals surface area contributed by atoms with Crippen LogP contribution in [0.1, 0.15) is 6.42 Å². The Morgan fingerprint density at radius 2 is 2.25 bits per heavy atom. The summed E-state index contributed by atoms with van der Waals surface area (Å²) >= 11 is 0. The summed E-state index contributed by atoms with van der Waals surface area (Å²) in [7, 11) is -0.573.